The molecule has 0 saturated carbocycles. The van der Waals surface area contributed by atoms with Crippen molar-refractivity contribution in [1.29, 1.82) is 0 Å². The number of aliphatic hydroxyl groups excluding tert-OH is 1. The van der Waals surface area contributed by atoms with Gasteiger partial charge in [0.15, 0.2) is 0 Å². The maximum absolute atomic E-state index is 9.66. The summed E-state index contributed by atoms with van der Waals surface area (Å²) in [5, 5.41) is 9.66. The lowest BCUT2D eigenvalue weighted by molar-refractivity contribution is 0.0578. The molecule has 0 radical (unpaired) electrons. The second kappa shape index (κ2) is 9.48. The Morgan fingerprint density at radius 2 is 1.88 bits per heavy atom. The molecule has 2 aliphatic heterocycles. The average molecular weight is 364 g/mol. The molecule has 0 amide bonds. The molecule has 2 aliphatic rings. The van der Waals surface area contributed by atoms with Crippen LogP contribution in [-0.2, 0) is 4.74 Å². The summed E-state index contributed by atoms with van der Waals surface area (Å²) in [6.45, 7) is 11.1. The van der Waals surface area contributed by atoms with Gasteiger partial charge in [0.05, 0.1) is 25.4 Å². The largest absolute Gasteiger partial charge is 0.394 e. The molecule has 3 heterocycles. The van der Waals surface area contributed by atoms with Crippen molar-refractivity contribution in [2.24, 2.45) is 0 Å². The van der Waals surface area contributed by atoms with Crippen LogP contribution >= 0.6 is 0 Å². The first-order chi connectivity index (χ1) is 12.7. The van der Waals surface area contributed by atoms with Gasteiger partial charge in [0.2, 0.25) is 0 Å². The highest BCUT2D eigenvalue weighted by atomic mass is 16.5. The monoisotopic (exact) mass is 363 g/mol. The number of piperidine rings is 1. The van der Waals surface area contributed by atoms with E-state index in [0.29, 0.717) is 6.10 Å². The summed E-state index contributed by atoms with van der Waals surface area (Å²) in [5.74, 6) is 1.94. The minimum Gasteiger partial charge on any atom is -0.394 e. The van der Waals surface area contributed by atoms with Crippen LogP contribution in [0.2, 0.25) is 0 Å². The molecule has 1 aromatic rings. The fourth-order valence-electron chi connectivity index (χ4n) is 3.78. The average Bonchev–Trinajstić information content (AvgIpc) is 2.68. The van der Waals surface area contributed by atoms with Crippen LogP contribution in [-0.4, -0.2) is 84.6 Å². The molecule has 1 N–H and O–H groups in total. The number of anilines is 2. The molecule has 2 fully saturated rings. The Morgan fingerprint density at radius 3 is 2.62 bits per heavy atom. The second-order valence-electron chi connectivity index (χ2n) is 7.51. The SMILES string of the molecule is CC(C)OCCN1CCN(c2cc(N3CCCCC3CO)ncn2)CC1. The molecule has 146 valence electrons. The van der Waals surface area contributed by atoms with E-state index in [4.69, 9.17) is 4.74 Å². The number of aliphatic hydroxyl groups is 1. The van der Waals surface area contributed by atoms with Crippen LogP contribution in [0.3, 0.4) is 0 Å². The minimum atomic E-state index is 0.185. The summed E-state index contributed by atoms with van der Waals surface area (Å²) in [6, 6.07) is 2.27. The lowest BCUT2D eigenvalue weighted by Gasteiger charge is -2.37. The van der Waals surface area contributed by atoms with Crippen molar-refractivity contribution >= 4 is 11.6 Å². The van der Waals surface area contributed by atoms with E-state index in [1.165, 1.54) is 6.42 Å². The lowest BCUT2D eigenvalue weighted by atomic mass is 10.0. The van der Waals surface area contributed by atoms with E-state index in [-0.39, 0.29) is 12.6 Å². The third-order valence-corrected chi connectivity index (χ3v) is 5.33. The van der Waals surface area contributed by atoms with E-state index in [1.807, 2.05) is 0 Å². The van der Waals surface area contributed by atoms with Gasteiger partial charge in [-0.15, -0.1) is 0 Å². The summed E-state index contributed by atoms with van der Waals surface area (Å²) in [7, 11) is 0. The Hall–Kier alpha value is -1.44. The molecule has 0 bridgehead atoms. The smallest absolute Gasteiger partial charge is 0.134 e. The molecule has 0 aromatic carbocycles. The minimum absolute atomic E-state index is 0.185. The van der Waals surface area contributed by atoms with Gasteiger partial charge < -0.3 is 19.6 Å². The zero-order chi connectivity index (χ0) is 18.4. The molecule has 0 aliphatic carbocycles. The normalized spacial score (nSPS) is 22.2. The Labute approximate surface area is 157 Å². The maximum atomic E-state index is 9.66. The van der Waals surface area contributed by atoms with E-state index < -0.39 is 0 Å². The molecule has 7 nitrogen and oxygen atoms in total. The number of nitrogens with zero attached hydrogens (tertiary/aromatic N) is 5. The molecule has 3 rings (SSSR count). The van der Waals surface area contributed by atoms with Crippen molar-refractivity contribution in [2.75, 3.05) is 62.3 Å². The van der Waals surface area contributed by atoms with Gasteiger partial charge in [0, 0.05) is 45.3 Å². The zero-order valence-corrected chi connectivity index (χ0v) is 16.2. The highest BCUT2D eigenvalue weighted by Crippen LogP contribution is 2.25. The predicted octanol–water partition coefficient (Wildman–Crippen LogP) is 1.37. The summed E-state index contributed by atoms with van der Waals surface area (Å²) in [4.78, 5) is 16.0. The highest BCUT2D eigenvalue weighted by molar-refractivity contribution is 5.51. The predicted molar refractivity (Wildman–Crippen MR) is 104 cm³/mol. The van der Waals surface area contributed by atoms with Crippen LogP contribution in [0.15, 0.2) is 12.4 Å². The Bertz CT molecular complexity index is 548. The van der Waals surface area contributed by atoms with Gasteiger partial charge in [-0.1, -0.05) is 0 Å². The van der Waals surface area contributed by atoms with Gasteiger partial charge in [0.25, 0.3) is 0 Å². The topological polar surface area (TPSA) is 65.0 Å². The third-order valence-electron chi connectivity index (χ3n) is 5.33. The first-order valence-corrected chi connectivity index (χ1v) is 9.96. The van der Waals surface area contributed by atoms with Crippen LogP contribution in [0.25, 0.3) is 0 Å². The third kappa shape index (κ3) is 5.05. The standard InChI is InChI=1S/C19H33N5O2/c1-16(2)26-12-11-22-7-9-23(10-8-22)18-13-19(21-15-20-18)24-6-4-3-5-17(24)14-25/h13,15-17,25H,3-12,14H2,1-2H3. The van der Waals surface area contributed by atoms with Gasteiger partial charge in [-0.25, -0.2) is 9.97 Å². The van der Waals surface area contributed by atoms with Gasteiger partial charge >= 0.3 is 0 Å². The fraction of sp³-hybridized carbons (Fsp3) is 0.789. The molecular weight excluding hydrogens is 330 g/mol. The van der Waals surface area contributed by atoms with E-state index in [0.717, 1.165) is 70.4 Å². The lowest BCUT2D eigenvalue weighted by Crippen LogP contribution is -2.48. The van der Waals surface area contributed by atoms with Crippen molar-refractivity contribution in [2.45, 2.75) is 45.3 Å². The van der Waals surface area contributed by atoms with Gasteiger partial charge in [-0.05, 0) is 33.1 Å². The fourth-order valence-corrected chi connectivity index (χ4v) is 3.78. The second-order valence-corrected chi connectivity index (χ2v) is 7.51. The van der Waals surface area contributed by atoms with Crippen molar-refractivity contribution in [1.82, 2.24) is 14.9 Å². The molecule has 1 atom stereocenters. The molecule has 7 heteroatoms. The number of hydrogen-bond donors (Lipinski definition) is 1. The van der Waals surface area contributed by atoms with Crippen molar-refractivity contribution in [3.8, 4) is 0 Å². The number of aromatic nitrogens is 2. The van der Waals surface area contributed by atoms with E-state index in [1.54, 1.807) is 6.33 Å². The summed E-state index contributed by atoms with van der Waals surface area (Å²) < 4.78 is 5.66. The number of piperazine rings is 1. The van der Waals surface area contributed by atoms with Crippen LogP contribution in [0.1, 0.15) is 33.1 Å². The van der Waals surface area contributed by atoms with E-state index in [2.05, 4.69) is 44.6 Å². The Kier molecular flexibility index (Phi) is 7.05. The maximum Gasteiger partial charge on any atom is 0.134 e. The van der Waals surface area contributed by atoms with Gasteiger partial charge in [0.1, 0.15) is 18.0 Å². The van der Waals surface area contributed by atoms with Crippen LogP contribution in [0, 0.1) is 0 Å². The van der Waals surface area contributed by atoms with E-state index >= 15 is 0 Å². The van der Waals surface area contributed by atoms with E-state index in [9.17, 15) is 5.11 Å². The molecule has 0 spiro atoms. The summed E-state index contributed by atoms with van der Waals surface area (Å²) in [5.41, 5.74) is 0. The number of ether oxygens (including phenoxy) is 1. The van der Waals surface area contributed by atoms with Crippen molar-refractivity contribution in [3.05, 3.63) is 12.4 Å². The molecular formula is C19H33N5O2. The molecule has 26 heavy (non-hydrogen) atoms. The van der Waals surface area contributed by atoms with Gasteiger partial charge in [-0.2, -0.15) is 0 Å². The van der Waals surface area contributed by atoms with Crippen LogP contribution in [0.5, 0.6) is 0 Å². The van der Waals surface area contributed by atoms with Crippen LogP contribution < -0.4 is 9.80 Å². The Morgan fingerprint density at radius 1 is 1.12 bits per heavy atom. The molecule has 1 aromatic heterocycles. The first kappa shape index (κ1) is 19.3. The molecule has 2 saturated heterocycles. The Balaban J connectivity index is 1.56. The summed E-state index contributed by atoms with van der Waals surface area (Å²) in [6.07, 6.45) is 5.34. The number of hydrogen-bond acceptors (Lipinski definition) is 7. The number of rotatable bonds is 7. The zero-order valence-electron chi connectivity index (χ0n) is 16.2. The highest BCUT2D eigenvalue weighted by Gasteiger charge is 2.24. The van der Waals surface area contributed by atoms with Crippen molar-refractivity contribution in [3.63, 3.8) is 0 Å². The summed E-state index contributed by atoms with van der Waals surface area (Å²) >= 11 is 0. The van der Waals surface area contributed by atoms with Gasteiger partial charge in [-0.3, -0.25) is 4.90 Å². The first-order valence-electron chi connectivity index (χ1n) is 9.96. The van der Waals surface area contributed by atoms with Crippen LogP contribution in [0.4, 0.5) is 11.6 Å². The quantitative estimate of drug-likeness (QED) is 0.785. The molecule has 1 unspecified atom stereocenters. The van der Waals surface area contributed by atoms with Crippen molar-refractivity contribution < 1.29 is 9.84 Å².